The smallest absolute Gasteiger partial charge is 0.272 e. The molecule has 2 heterocycles. The zero-order valence-corrected chi connectivity index (χ0v) is 20.4. The van der Waals surface area contributed by atoms with Gasteiger partial charge in [0.15, 0.2) is 0 Å². The number of benzene rings is 3. The summed E-state index contributed by atoms with van der Waals surface area (Å²) in [6, 6.07) is 18.7. The average molecular weight is 482 g/mol. The van der Waals surface area contributed by atoms with Crippen LogP contribution in [0.2, 0.25) is 0 Å². The van der Waals surface area contributed by atoms with Gasteiger partial charge >= 0.3 is 0 Å². The molecule has 2 amide bonds. The van der Waals surface area contributed by atoms with E-state index in [0.717, 1.165) is 11.1 Å². The number of hydrogen-bond acceptors (Lipinski definition) is 5. The normalized spacial score (nSPS) is 16.2. The number of ether oxygens (including phenoxy) is 2. The van der Waals surface area contributed by atoms with Crippen molar-refractivity contribution in [3.8, 4) is 11.5 Å². The van der Waals surface area contributed by atoms with E-state index in [0.29, 0.717) is 39.7 Å². The van der Waals surface area contributed by atoms with Crippen molar-refractivity contribution < 1.29 is 19.1 Å². The average Bonchev–Trinajstić information content (AvgIpc) is 3.31. The standard InChI is InChI=1S/C28H25N4O4/c1-16-13-22(35-3)24(23(14-16)36-4)25-18-10-6-8-12-21(18)32(2)28(34)26(30-25)31-27(33)20-15-17-9-5-7-11-19(17)29-20/h5-15,26H,1-4H3,(H,31,33). The number of benzodiazepines with no additional fused rings is 1. The topological polar surface area (TPSA) is 94.3 Å². The van der Waals surface area contributed by atoms with Crippen LogP contribution in [0, 0.1) is 6.92 Å². The van der Waals surface area contributed by atoms with E-state index < -0.39 is 12.1 Å². The molecule has 2 aliphatic heterocycles. The Labute approximate surface area is 209 Å². The molecule has 0 saturated heterocycles. The molecule has 1 N–H and O–H groups in total. The quantitative estimate of drug-likeness (QED) is 0.603. The molecule has 181 valence electrons. The van der Waals surface area contributed by atoms with Gasteiger partial charge in [-0.05, 0) is 42.8 Å². The van der Waals surface area contributed by atoms with Gasteiger partial charge in [0.05, 0.1) is 36.9 Å². The highest BCUT2D eigenvalue weighted by atomic mass is 16.5. The second kappa shape index (κ2) is 9.22. The third-order valence-electron chi connectivity index (χ3n) is 6.20. The predicted molar refractivity (Wildman–Crippen MR) is 138 cm³/mol. The van der Waals surface area contributed by atoms with Gasteiger partial charge in [0.2, 0.25) is 6.17 Å². The lowest BCUT2D eigenvalue weighted by molar-refractivity contribution is -0.125. The number of likely N-dealkylation sites (N-methyl/N-ethyl adjacent to an activating group) is 1. The van der Waals surface area contributed by atoms with Crippen molar-refractivity contribution in [2.75, 3.05) is 26.2 Å². The summed E-state index contributed by atoms with van der Waals surface area (Å²) in [5.41, 5.74) is 5.15. The molecule has 8 nitrogen and oxygen atoms in total. The number of fused-ring (bicyclic) bond motifs is 2. The molecule has 3 aromatic carbocycles. The third kappa shape index (κ3) is 3.96. The van der Waals surface area contributed by atoms with Crippen LogP contribution in [0.15, 0.2) is 71.4 Å². The molecular weight excluding hydrogens is 456 g/mol. The SMILES string of the molecule is COc1cc(C)cc(OC)c1C1=NC(NC(=O)C2=Cc3ccccc3[N]2)C(=O)N(C)c2ccccc21. The lowest BCUT2D eigenvalue weighted by atomic mass is 9.97. The largest absolute Gasteiger partial charge is 0.496 e. The summed E-state index contributed by atoms with van der Waals surface area (Å²) >= 11 is 0. The second-order valence-electron chi connectivity index (χ2n) is 8.51. The van der Waals surface area contributed by atoms with Gasteiger partial charge in [-0.1, -0.05) is 36.4 Å². The number of aliphatic imine (C=N–C) groups is 1. The molecule has 0 aromatic heterocycles. The number of methoxy groups -OCH3 is 2. The molecular formula is C28H25N4O4. The number of nitrogens with zero attached hydrogens (tertiary/aromatic N) is 3. The van der Waals surface area contributed by atoms with Crippen LogP contribution in [0.5, 0.6) is 11.5 Å². The number of carbonyl (C=O) groups is 2. The Morgan fingerprint density at radius 2 is 1.67 bits per heavy atom. The van der Waals surface area contributed by atoms with E-state index in [1.807, 2.05) is 67.6 Å². The summed E-state index contributed by atoms with van der Waals surface area (Å²) < 4.78 is 11.4. The van der Waals surface area contributed by atoms with Gasteiger partial charge in [0, 0.05) is 18.2 Å². The van der Waals surface area contributed by atoms with E-state index in [2.05, 4.69) is 10.6 Å². The van der Waals surface area contributed by atoms with Crippen LogP contribution >= 0.6 is 0 Å². The van der Waals surface area contributed by atoms with Crippen molar-refractivity contribution in [3.05, 3.63) is 88.6 Å². The van der Waals surface area contributed by atoms with E-state index in [-0.39, 0.29) is 11.6 Å². The van der Waals surface area contributed by atoms with Crippen LogP contribution in [0.1, 0.15) is 22.3 Å². The van der Waals surface area contributed by atoms with Crippen molar-refractivity contribution in [3.63, 3.8) is 0 Å². The number of aryl methyl sites for hydroxylation is 1. The first kappa shape index (κ1) is 23.2. The minimum atomic E-state index is -1.19. The molecule has 8 heteroatoms. The van der Waals surface area contributed by atoms with Gasteiger partial charge in [-0.2, -0.15) is 0 Å². The highest BCUT2D eigenvalue weighted by Crippen LogP contribution is 2.37. The van der Waals surface area contributed by atoms with E-state index in [9.17, 15) is 9.59 Å². The fourth-order valence-corrected chi connectivity index (χ4v) is 4.43. The first-order valence-electron chi connectivity index (χ1n) is 11.4. The fraction of sp³-hybridized carbons (Fsp3) is 0.179. The first-order valence-corrected chi connectivity index (χ1v) is 11.4. The Morgan fingerprint density at radius 3 is 2.36 bits per heavy atom. The summed E-state index contributed by atoms with van der Waals surface area (Å²) in [6.45, 7) is 1.94. The number of rotatable bonds is 5. The monoisotopic (exact) mass is 481 g/mol. The van der Waals surface area contributed by atoms with E-state index in [4.69, 9.17) is 14.5 Å². The number of carbonyl (C=O) groups excluding carboxylic acids is 2. The van der Waals surface area contributed by atoms with Gasteiger partial charge in [-0.15, -0.1) is 0 Å². The zero-order chi connectivity index (χ0) is 25.4. The van der Waals surface area contributed by atoms with Crippen LogP contribution < -0.4 is 25.0 Å². The highest BCUT2D eigenvalue weighted by molar-refractivity contribution is 6.22. The Bertz CT molecular complexity index is 1420. The summed E-state index contributed by atoms with van der Waals surface area (Å²) in [6.07, 6.45) is 0.501. The maximum Gasteiger partial charge on any atom is 0.272 e. The van der Waals surface area contributed by atoms with Crippen LogP contribution in [-0.4, -0.2) is 45.0 Å². The van der Waals surface area contributed by atoms with Crippen LogP contribution in [0.4, 0.5) is 11.4 Å². The van der Waals surface area contributed by atoms with Crippen LogP contribution in [-0.2, 0) is 9.59 Å². The van der Waals surface area contributed by atoms with Crippen molar-refractivity contribution in [2.24, 2.45) is 4.99 Å². The highest BCUT2D eigenvalue weighted by Gasteiger charge is 2.34. The predicted octanol–water partition coefficient (Wildman–Crippen LogP) is 3.56. The molecule has 0 fully saturated rings. The maximum absolute atomic E-state index is 13.5. The molecule has 0 spiro atoms. The lowest BCUT2D eigenvalue weighted by Crippen LogP contribution is -2.46. The minimum Gasteiger partial charge on any atom is -0.496 e. The summed E-state index contributed by atoms with van der Waals surface area (Å²) in [7, 11) is 4.81. The molecule has 1 radical (unpaired) electrons. The number of para-hydroxylation sites is 2. The van der Waals surface area contributed by atoms with Gasteiger partial charge < -0.3 is 19.7 Å². The van der Waals surface area contributed by atoms with Gasteiger partial charge in [-0.3, -0.25) is 9.59 Å². The summed E-state index contributed by atoms with van der Waals surface area (Å²) in [4.78, 5) is 33.0. The van der Waals surface area contributed by atoms with Crippen molar-refractivity contribution >= 4 is 35.0 Å². The molecule has 0 saturated carbocycles. The molecule has 1 unspecified atom stereocenters. The minimum absolute atomic E-state index is 0.218. The second-order valence-corrected chi connectivity index (χ2v) is 8.51. The van der Waals surface area contributed by atoms with Crippen LogP contribution in [0.25, 0.3) is 6.08 Å². The molecule has 0 aliphatic carbocycles. The van der Waals surface area contributed by atoms with Crippen molar-refractivity contribution in [2.45, 2.75) is 13.1 Å². The number of anilines is 1. The summed E-state index contributed by atoms with van der Waals surface area (Å²) in [5.74, 6) is 0.222. The molecule has 1 atom stereocenters. The van der Waals surface area contributed by atoms with Gasteiger partial charge in [0.1, 0.15) is 17.2 Å². The Kier molecular flexibility index (Phi) is 5.93. The number of amides is 2. The van der Waals surface area contributed by atoms with Crippen LogP contribution in [0.3, 0.4) is 0 Å². The Morgan fingerprint density at radius 1 is 1.00 bits per heavy atom. The molecule has 0 bridgehead atoms. The van der Waals surface area contributed by atoms with E-state index in [1.54, 1.807) is 27.3 Å². The zero-order valence-electron chi connectivity index (χ0n) is 20.4. The van der Waals surface area contributed by atoms with Crippen molar-refractivity contribution in [1.29, 1.82) is 0 Å². The van der Waals surface area contributed by atoms with Gasteiger partial charge in [-0.25, -0.2) is 10.3 Å². The Balaban J connectivity index is 1.61. The Hall–Kier alpha value is -4.59. The van der Waals surface area contributed by atoms with Crippen molar-refractivity contribution in [1.82, 2.24) is 10.6 Å². The number of hydrogen-bond donors (Lipinski definition) is 1. The molecule has 2 aliphatic rings. The summed E-state index contributed by atoms with van der Waals surface area (Å²) in [5, 5.41) is 7.18. The third-order valence-corrected chi connectivity index (χ3v) is 6.20. The van der Waals surface area contributed by atoms with E-state index >= 15 is 0 Å². The van der Waals surface area contributed by atoms with E-state index in [1.165, 1.54) is 4.90 Å². The van der Waals surface area contributed by atoms with Gasteiger partial charge in [0.25, 0.3) is 11.8 Å². The molecule has 5 rings (SSSR count). The fourth-order valence-electron chi connectivity index (χ4n) is 4.43. The maximum atomic E-state index is 13.5. The molecule has 3 aromatic rings. The number of nitrogens with one attached hydrogen (secondary N) is 1. The lowest BCUT2D eigenvalue weighted by Gasteiger charge is -2.21. The molecule has 36 heavy (non-hydrogen) atoms. The first-order chi connectivity index (χ1) is 17.4.